The van der Waals surface area contributed by atoms with Crippen LogP contribution in [0.2, 0.25) is 0 Å². The first-order valence-corrected chi connectivity index (χ1v) is 8.38. The Labute approximate surface area is 146 Å². The molecule has 2 rings (SSSR count). The minimum Gasteiger partial charge on any atom is -0.480 e. The maximum atomic E-state index is 11.0. The van der Waals surface area contributed by atoms with E-state index in [9.17, 15) is 9.59 Å². The molecule has 25 heavy (non-hydrogen) atoms. The van der Waals surface area contributed by atoms with Crippen LogP contribution in [0.3, 0.4) is 0 Å². The standard InChI is InChI=1S/C15H26N6O4/c1-18-10-13(16-17-18)2-3-19-4-6-20(11-14(22)23)8-9-21(7-5-19)12-15(24)25/h10H,2-9,11-12H2,1H3,(H,22,23)(H,24,25). The second-order valence-corrected chi connectivity index (χ2v) is 6.31. The van der Waals surface area contributed by atoms with Gasteiger partial charge in [0.15, 0.2) is 0 Å². The van der Waals surface area contributed by atoms with Gasteiger partial charge in [-0.3, -0.25) is 24.1 Å². The van der Waals surface area contributed by atoms with Crippen LogP contribution in [-0.4, -0.2) is 111 Å². The number of aromatic nitrogens is 3. The number of aryl methyl sites for hydroxylation is 1. The van der Waals surface area contributed by atoms with E-state index in [-0.39, 0.29) is 13.1 Å². The van der Waals surface area contributed by atoms with Gasteiger partial charge in [0.05, 0.1) is 18.8 Å². The lowest BCUT2D eigenvalue weighted by Crippen LogP contribution is -2.40. The second-order valence-electron chi connectivity index (χ2n) is 6.31. The molecule has 0 aliphatic carbocycles. The Morgan fingerprint density at radius 3 is 1.84 bits per heavy atom. The Kier molecular flexibility index (Phi) is 7.29. The van der Waals surface area contributed by atoms with Crippen LogP contribution in [0.1, 0.15) is 5.69 Å². The van der Waals surface area contributed by atoms with Crippen LogP contribution >= 0.6 is 0 Å². The Hall–Kier alpha value is -2.04. The SMILES string of the molecule is Cn1cc(CCN2CCN(CC(=O)O)CCN(CC(=O)O)CC2)nn1. The van der Waals surface area contributed by atoms with Crippen LogP contribution in [0, 0.1) is 0 Å². The van der Waals surface area contributed by atoms with E-state index in [0.29, 0.717) is 26.2 Å². The van der Waals surface area contributed by atoms with Gasteiger partial charge < -0.3 is 15.1 Å². The van der Waals surface area contributed by atoms with Gasteiger partial charge in [-0.15, -0.1) is 5.10 Å². The molecule has 1 aliphatic heterocycles. The molecule has 0 bridgehead atoms. The lowest BCUT2D eigenvalue weighted by atomic mass is 10.3. The molecule has 0 unspecified atom stereocenters. The maximum Gasteiger partial charge on any atom is 0.317 e. The zero-order valence-corrected chi connectivity index (χ0v) is 14.5. The number of carboxylic acid groups (broad SMARTS) is 2. The predicted molar refractivity (Wildman–Crippen MR) is 89.3 cm³/mol. The highest BCUT2D eigenvalue weighted by Crippen LogP contribution is 2.03. The molecule has 0 amide bonds. The minimum atomic E-state index is -0.866. The molecular weight excluding hydrogens is 328 g/mol. The molecule has 0 aromatic carbocycles. The number of nitrogens with zero attached hydrogens (tertiary/aromatic N) is 6. The summed E-state index contributed by atoms with van der Waals surface area (Å²) in [6.45, 7) is 4.61. The van der Waals surface area contributed by atoms with Gasteiger partial charge in [0, 0.05) is 65.5 Å². The van der Waals surface area contributed by atoms with Crippen LogP contribution in [0.15, 0.2) is 6.20 Å². The molecule has 2 N–H and O–H groups in total. The number of hydrogen-bond donors (Lipinski definition) is 2. The van der Waals surface area contributed by atoms with Gasteiger partial charge in [-0.25, -0.2) is 0 Å². The van der Waals surface area contributed by atoms with Crippen molar-refractivity contribution >= 4 is 11.9 Å². The molecule has 1 aromatic rings. The average molecular weight is 354 g/mol. The predicted octanol–water partition coefficient (Wildman–Crippen LogP) is -1.55. The highest BCUT2D eigenvalue weighted by molar-refractivity contribution is 5.69. The molecule has 1 aromatic heterocycles. The van der Waals surface area contributed by atoms with Gasteiger partial charge in [0.1, 0.15) is 0 Å². The summed E-state index contributed by atoms with van der Waals surface area (Å²) >= 11 is 0. The number of hydrogen-bond acceptors (Lipinski definition) is 7. The second kappa shape index (κ2) is 9.44. The smallest absolute Gasteiger partial charge is 0.317 e. The number of carboxylic acids is 2. The van der Waals surface area contributed by atoms with E-state index in [2.05, 4.69) is 15.2 Å². The zero-order chi connectivity index (χ0) is 18.2. The van der Waals surface area contributed by atoms with Gasteiger partial charge in [0.25, 0.3) is 0 Å². The van der Waals surface area contributed by atoms with Gasteiger partial charge in [0.2, 0.25) is 0 Å². The molecule has 2 heterocycles. The van der Waals surface area contributed by atoms with Crippen molar-refractivity contribution in [2.24, 2.45) is 7.05 Å². The zero-order valence-electron chi connectivity index (χ0n) is 14.5. The van der Waals surface area contributed by atoms with Crippen molar-refractivity contribution in [1.29, 1.82) is 0 Å². The van der Waals surface area contributed by atoms with E-state index in [4.69, 9.17) is 10.2 Å². The van der Waals surface area contributed by atoms with Crippen molar-refractivity contribution in [1.82, 2.24) is 29.7 Å². The summed E-state index contributed by atoms with van der Waals surface area (Å²) in [7, 11) is 1.82. The van der Waals surface area contributed by atoms with E-state index in [0.717, 1.165) is 31.7 Å². The largest absolute Gasteiger partial charge is 0.480 e. The number of carbonyl (C=O) groups is 2. The molecule has 10 nitrogen and oxygen atoms in total. The van der Waals surface area contributed by atoms with Crippen LogP contribution in [-0.2, 0) is 23.1 Å². The summed E-state index contributed by atoms with van der Waals surface area (Å²) in [6, 6.07) is 0. The number of rotatable bonds is 7. The molecule has 0 radical (unpaired) electrons. The molecule has 1 aliphatic rings. The number of aliphatic carboxylic acids is 2. The van der Waals surface area contributed by atoms with E-state index >= 15 is 0 Å². The van der Waals surface area contributed by atoms with Crippen molar-refractivity contribution in [3.05, 3.63) is 11.9 Å². The lowest BCUT2D eigenvalue weighted by molar-refractivity contribution is -0.140. The molecule has 1 saturated heterocycles. The Morgan fingerprint density at radius 2 is 1.44 bits per heavy atom. The first kappa shape index (κ1) is 19.3. The fourth-order valence-electron chi connectivity index (χ4n) is 2.89. The lowest BCUT2D eigenvalue weighted by Gasteiger charge is -2.24. The van der Waals surface area contributed by atoms with E-state index in [1.807, 2.05) is 23.0 Å². The monoisotopic (exact) mass is 354 g/mol. The third kappa shape index (κ3) is 7.16. The first-order chi connectivity index (χ1) is 11.9. The Bertz CT molecular complexity index is 550. The summed E-state index contributed by atoms with van der Waals surface area (Å²) in [5.74, 6) is -1.73. The van der Waals surface area contributed by atoms with Crippen molar-refractivity contribution in [2.75, 3.05) is 58.9 Å². The van der Waals surface area contributed by atoms with Crippen molar-refractivity contribution in [3.63, 3.8) is 0 Å². The average Bonchev–Trinajstić information content (AvgIpc) is 2.97. The van der Waals surface area contributed by atoms with Gasteiger partial charge in [-0.1, -0.05) is 5.21 Å². The van der Waals surface area contributed by atoms with E-state index in [1.54, 1.807) is 4.68 Å². The summed E-state index contributed by atoms with van der Waals surface area (Å²) in [5, 5.41) is 26.1. The highest BCUT2D eigenvalue weighted by atomic mass is 16.4. The molecular formula is C15H26N6O4. The normalized spacial score (nSPS) is 18.4. The molecule has 140 valence electrons. The van der Waals surface area contributed by atoms with Crippen LogP contribution in [0.5, 0.6) is 0 Å². The third-order valence-electron chi connectivity index (χ3n) is 4.25. The molecule has 0 saturated carbocycles. The van der Waals surface area contributed by atoms with Crippen molar-refractivity contribution in [2.45, 2.75) is 6.42 Å². The van der Waals surface area contributed by atoms with Gasteiger partial charge >= 0.3 is 11.9 Å². The third-order valence-corrected chi connectivity index (χ3v) is 4.25. The van der Waals surface area contributed by atoms with E-state index in [1.165, 1.54) is 0 Å². The van der Waals surface area contributed by atoms with Crippen molar-refractivity contribution < 1.29 is 19.8 Å². The van der Waals surface area contributed by atoms with Crippen LogP contribution in [0.4, 0.5) is 0 Å². The van der Waals surface area contributed by atoms with E-state index < -0.39 is 11.9 Å². The first-order valence-electron chi connectivity index (χ1n) is 8.38. The quantitative estimate of drug-likeness (QED) is 0.600. The van der Waals surface area contributed by atoms with Crippen LogP contribution in [0.25, 0.3) is 0 Å². The topological polar surface area (TPSA) is 115 Å². The molecule has 10 heteroatoms. The Balaban J connectivity index is 1.95. The molecule has 0 atom stereocenters. The van der Waals surface area contributed by atoms with Gasteiger partial charge in [-0.05, 0) is 0 Å². The fraction of sp³-hybridized carbons (Fsp3) is 0.733. The van der Waals surface area contributed by atoms with Crippen molar-refractivity contribution in [3.8, 4) is 0 Å². The summed E-state index contributed by atoms with van der Waals surface area (Å²) in [6.07, 6.45) is 2.63. The summed E-state index contributed by atoms with van der Waals surface area (Å²) in [4.78, 5) is 28.0. The molecule has 0 spiro atoms. The fourth-order valence-corrected chi connectivity index (χ4v) is 2.89. The molecule has 1 fully saturated rings. The van der Waals surface area contributed by atoms with Crippen LogP contribution < -0.4 is 0 Å². The minimum absolute atomic E-state index is 0.0289. The Morgan fingerprint density at radius 1 is 0.960 bits per heavy atom. The highest BCUT2D eigenvalue weighted by Gasteiger charge is 2.19. The maximum absolute atomic E-state index is 11.0. The van der Waals surface area contributed by atoms with Gasteiger partial charge in [-0.2, -0.15) is 0 Å². The summed E-state index contributed by atoms with van der Waals surface area (Å²) < 4.78 is 1.66. The summed E-state index contributed by atoms with van der Waals surface area (Å²) in [5.41, 5.74) is 0.909.